The number of hydrogen-bond acceptors (Lipinski definition) is 2. The summed E-state index contributed by atoms with van der Waals surface area (Å²) in [5.74, 6) is 0. The average molecular weight is 273 g/mol. The van der Waals surface area contributed by atoms with Gasteiger partial charge in [-0.1, -0.05) is 35.9 Å². The van der Waals surface area contributed by atoms with Crippen LogP contribution in [0.5, 0.6) is 0 Å². The highest BCUT2D eigenvalue weighted by Crippen LogP contribution is 2.25. The van der Waals surface area contributed by atoms with Crippen molar-refractivity contribution < 1.29 is 0 Å². The summed E-state index contributed by atoms with van der Waals surface area (Å²) < 4.78 is 0. The number of hydrogen-bond donors (Lipinski definition) is 1. The molecule has 0 amide bonds. The van der Waals surface area contributed by atoms with Crippen LogP contribution in [0, 0.1) is 0 Å². The quantitative estimate of drug-likeness (QED) is 0.901. The Kier molecular flexibility index (Phi) is 3.72. The Bertz CT molecular complexity index is 545. The molecular weight excluding hydrogens is 256 g/mol. The molecule has 0 aromatic heterocycles. The minimum atomic E-state index is 0.781. The molecule has 2 nitrogen and oxygen atoms in total. The first-order chi connectivity index (χ1) is 9.33. The zero-order valence-corrected chi connectivity index (χ0v) is 11.5. The molecule has 1 saturated heterocycles. The second-order valence-electron chi connectivity index (χ2n) is 4.79. The molecule has 1 fully saturated rings. The molecule has 98 valence electrons. The molecule has 1 aliphatic heterocycles. The van der Waals surface area contributed by atoms with Crippen molar-refractivity contribution in [3.05, 3.63) is 53.6 Å². The van der Waals surface area contributed by atoms with Crippen LogP contribution in [-0.2, 0) is 0 Å². The molecule has 1 N–H and O–H groups in total. The summed E-state index contributed by atoms with van der Waals surface area (Å²) >= 11 is 6.03. The lowest BCUT2D eigenvalue weighted by Crippen LogP contribution is -2.43. The van der Waals surface area contributed by atoms with E-state index in [1.165, 1.54) is 16.8 Å². The van der Waals surface area contributed by atoms with Crippen molar-refractivity contribution in [2.75, 3.05) is 31.1 Å². The van der Waals surface area contributed by atoms with Gasteiger partial charge in [-0.3, -0.25) is 0 Å². The molecule has 0 aliphatic carbocycles. The predicted molar refractivity (Wildman–Crippen MR) is 82.0 cm³/mol. The molecule has 0 spiro atoms. The highest BCUT2D eigenvalue weighted by molar-refractivity contribution is 6.30. The smallest absolute Gasteiger partial charge is 0.0412 e. The molecule has 2 aromatic carbocycles. The normalized spacial score (nSPS) is 15.5. The van der Waals surface area contributed by atoms with E-state index < -0.39 is 0 Å². The van der Waals surface area contributed by atoms with E-state index >= 15 is 0 Å². The Morgan fingerprint density at radius 1 is 0.895 bits per heavy atom. The summed E-state index contributed by atoms with van der Waals surface area (Å²) in [5.41, 5.74) is 3.67. The van der Waals surface area contributed by atoms with Crippen molar-refractivity contribution in [1.29, 1.82) is 0 Å². The summed E-state index contributed by atoms with van der Waals surface area (Å²) in [5, 5.41) is 4.15. The molecule has 0 radical (unpaired) electrons. The minimum Gasteiger partial charge on any atom is -0.369 e. The lowest BCUT2D eigenvalue weighted by molar-refractivity contribution is 0.589. The Morgan fingerprint density at radius 3 is 2.32 bits per heavy atom. The van der Waals surface area contributed by atoms with E-state index in [0.717, 1.165) is 31.2 Å². The molecule has 3 rings (SSSR count). The number of benzene rings is 2. The van der Waals surface area contributed by atoms with Gasteiger partial charge in [0.15, 0.2) is 0 Å². The SMILES string of the molecule is Clc1cccc(-c2ccc(N3CCNCC3)cc2)c1. The maximum atomic E-state index is 6.03. The van der Waals surface area contributed by atoms with Crippen LogP contribution in [-0.4, -0.2) is 26.2 Å². The third-order valence-corrected chi connectivity index (χ3v) is 3.74. The van der Waals surface area contributed by atoms with Crippen LogP contribution in [0.1, 0.15) is 0 Å². The lowest BCUT2D eigenvalue weighted by Gasteiger charge is -2.29. The van der Waals surface area contributed by atoms with Crippen molar-refractivity contribution in [2.24, 2.45) is 0 Å². The first-order valence-corrected chi connectivity index (χ1v) is 7.02. The van der Waals surface area contributed by atoms with Gasteiger partial charge in [0, 0.05) is 36.9 Å². The highest BCUT2D eigenvalue weighted by atomic mass is 35.5. The summed E-state index contributed by atoms with van der Waals surface area (Å²) in [6, 6.07) is 16.7. The average Bonchev–Trinajstić information content (AvgIpc) is 2.48. The van der Waals surface area contributed by atoms with E-state index in [2.05, 4.69) is 40.5 Å². The molecule has 0 atom stereocenters. The first-order valence-electron chi connectivity index (χ1n) is 6.64. The molecule has 0 saturated carbocycles. The molecule has 2 aromatic rings. The van der Waals surface area contributed by atoms with E-state index in [1.54, 1.807) is 0 Å². The summed E-state index contributed by atoms with van der Waals surface area (Å²) in [6.45, 7) is 4.29. The second kappa shape index (κ2) is 5.64. The van der Waals surface area contributed by atoms with E-state index in [4.69, 9.17) is 11.6 Å². The molecule has 3 heteroatoms. The monoisotopic (exact) mass is 272 g/mol. The maximum Gasteiger partial charge on any atom is 0.0412 e. The fraction of sp³-hybridized carbons (Fsp3) is 0.250. The van der Waals surface area contributed by atoms with E-state index in [-0.39, 0.29) is 0 Å². The Morgan fingerprint density at radius 2 is 1.63 bits per heavy atom. The number of halogens is 1. The first kappa shape index (κ1) is 12.5. The van der Waals surface area contributed by atoms with Crippen molar-refractivity contribution in [3.63, 3.8) is 0 Å². The van der Waals surface area contributed by atoms with E-state index in [1.807, 2.05) is 18.2 Å². The lowest BCUT2D eigenvalue weighted by atomic mass is 10.1. The Balaban J connectivity index is 1.82. The van der Waals surface area contributed by atoms with Gasteiger partial charge in [-0.05, 0) is 35.4 Å². The highest BCUT2D eigenvalue weighted by Gasteiger charge is 2.10. The number of anilines is 1. The maximum absolute atomic E-state index is 6.03. The van der Waals surface area contributed by atoms with Gasteiger partial charge in [-0.2, -0.15) is 0 Å². The van der Waals surface area contributed by atoms with Crippen LogP contribution in [0.4, 0.5) is 5.69 Å². The second-order valence-corrected chi connectivity index (χ2v) is 5.23. The van der Waals surface area contributed by atoms with Crippen LogP contribution in [0.2, 0.25) is 5.02 Å². The van der Waals surface area contributed by atoms with Crippen LogP contribution >= 0.6 is 11.6 Å². The van der Waals surface area contributed by atoms with Crippen molar-refractivity contribution in [3.8, 4) is 11.1 Å². The van der Waals surface area contributed by atoms with Gasteiger partial charge >= 0.3 is 0 Å². The standard InChI is InChI=1S/C16H17ClN2/c17-15-3-1-2-14(12-15)13-4-6-16(7-5-13)19-10-8-18-9-11-19/h1-7,12,18H,8-11H2. The number of rotatable bonds is 2. The molecule has 1 aliphatic rings. The zero-order chi connectivity index (χ0) is 13.1. The van der Waals surface area contributed by atoms with Gasteiger partial charge in [-0.25, -0.2) is 0 Å². The van der Waals surface area contributed by atoms with Gasteiger partial charge in [0.25, 0.3) is 0 Å². The van der Waals surface area contributed by atoms with Crippen molar-refractivity contribution in [2.45, 2.75) is 0 Å². The fourth-order valence-electron chi connectivity index (χ4n) is 2.46. The zero-order valence-electron chi connectivity index (χ0n) is 10.8. The third-order valence-electron chi connectivity index (χ3n) is 3.51. The number of nitrogens with one attached hydrogen (secondary N) is 1. The van der Waals surface area contributed by atoms with Crippen molar-refractivity contribution >= 4 is 17.3 Å². The molecule has 0 bridgehead atoms. The molecule has 0 unspecified atom stereocenters. The Hall–Kier alpha value is -1.51. The van der Waals surface area contributed by atoms with Crippen LogP contribution < -0.4 is 10.2 Å². The summed E-state index contributed by atoms with van der Waals surface area (Å²) in [6.07, 6.45) is 0. The van der Waals surface area contributed by atoms with Crippen LogP contribution in [0.25, 0.3) is 11.1 Å². The fourth-order valence-corrected chi connectivity index (χ4v) is 2.65. The largest absolute Gasteiger partial charge is 0.369 e. The summed E-state index contributed by atoms with van der Waals surface area (Å²) in [7, 11) is 0. The van der Waals surface area contributed by atoms with Crippen LogP contribution in [0.15, 0.2) is 48.5 Å². The Labute approximate surface area is 119 Å². The van der Waals surface area contributed by atoms with Gasteiger partial charge in [0.2, 0.25) is 0 Å². The topological polar surface area (TPSA) is 15.3 Å². The summed E-state index contributed by atoms with van der Waals surface area (Å²) in [4.78, 5) is 2.41. The number of nitrogens with zero attached hydrogens (tertiary/aromatic N) is 1. The van der Waals surface area contributed by atoms with Crippen LogP contribution in [0.3, 0.4) is 0 Å². The van der Waals surface area contributed by atoms with Gasteiger partial charge < -0.3 is 10.2 Å². The molecule has 1 heterocycles. The number of piperazine rings is 1. The van der Waals surface area contributed by atoms with Gasteiger partial charge in [0.05, 0.1) is 0 Å². The third kappa shape index (κ3) is 2.91. The predicted octanol–water partition coefficient (Wildman–Crippen LogP) is 3.42. The van der Waals surface area contributed by atoms with E-state index in [9.17, 15) is 0 Å². The molecular formula is C16H17ClN2. The van der Waals surface area contributed by atoms with Gasteiger partial charge in [0.1, 0.15) is 0 Å². The van der Waals surface area contributed by atoms with Gasteiger partial charge in [-0.15, -0.1) is 0 Å². The minimum absolute atomic E-state index is 0.781. The van der Waals surface area contributed by atoms with E-state index in [0.29, 0.717) is 0 Å². The molecule has 19 heavy (non-hydrogen) atoms. The van der Waals surface area contributed by atoms with Crippen molar-refractivity contribution in [1.82, 2.24) is 5.32 Å².